The summed E-state index contributed by atoms with van der Waals surface area (Å²) in [7, 11) is 0. The van der Waals surface area contributed by atoms with E-state index in [4.69, 9.17) is 15.2 Å². The lowest BCUT2D eigenvalue weighted by molar-refractivity contribution is -0.117. The van der Waals surface area contributed by atoms with E-state index >= 15 is 0 Å². The van der Waals surface area contributed by atoms with Crippen LogP contribution in [0, 0.1) is 0 Å². The van der Waals surface area contributed by atoms with Gasteiger partial charge in [0.2, 0.25) is 12.7 Å². The van der Waals surface area contributed by atoms with Gasteiger partial charge in [0.25, 0.3) is 0 Å². The topological polar surface area (TPSA) is 61.6 Å². The number of benzene rings is 2. The molecule has 86 valence electrons. The van der Waals surface area contributed by atoms with Gasteiger partial charge in [-0.1, -0.05) is 18.2 Å². The molecule has 0 radical (unpaired) electrons. The Bertz CT molecular complexity index is 607. The van der Waals surface area contributed by atoms with Gasteiger partial charge in [0, 0.05) is 0 Å². The number of ether oxygens (including phenoxy) is 2. The largest absolute Gasteiger partial charge is 0.454 e. The van der Waals surface area contributed by atoms with E-state index in [1.54, 1.807) is 0 Å². The van der Waals surface area contributed by atoms with Crippen LogP contribution in [0.4, 0.5) is 0 Å². The fraction of sp³-hybridized carbons (Fsp3) is 0.154. The molecule has 0 aliphatic carbocycles. The SMILES string of the molecule is NC(=O)Cc1ccc2cc3c(cc2c1)OCO3. The zero-order valence-corrected chi connectivity index (χ0v) is 9.10. The van der Waals surface area contributed by atoms with Gasteiger partial charge < -0.3 is 15.2 Å². The quantitative estimate of drug-likeness (QED) is 0.850. The standard InChI is InChI=1S/C13H11NO3/c14-13(15)4-8-1-2-9-5-11-12(17-7-16-11)6-10(9)3-8/h1-3,5-6H,4,7H2,(H2,14,15). The zero-order chi connectivity index (χ0) is 11.8. The van der Waals surface area contributed by atoms with Gasteiger partial charge in [0.15, 0.2) is 11.5 Å². The lowest BCUT2D eigenvalue weighted by Crippen LogP contribution is -2.13. The number of fused-ring (bicyclic) bond motifs is 2. The van der Waals surface area contributed by atoms with Gasteiger partial charge >= 0.3 is 0 Å². The summed E-state index contributed by atoms with van der Waals surface area (Å²) >= 11 is 0. The normalized spacial score (nSPS) is 12.9. The summed E-state index contributed by atoms with van der Waals surface area (Å²) in [6.07, 6.45) is 0.254. The summed E-state index contributed by atoms with van der Waals surface area (Å²) in [5.74, 6) is 1.18. The van der Waals surface area contributed by atoms with E-state index in [0.717, 1.165) is 27.8 Å². The highest BCUT2D eigenvalue weighted by Gasteiger charge is 2.14. The van der Waals surface area contributed by atoms with Crippen LogP contribution in [-0.2, 0) is 11.2 Å². The van der Waals surface area contributed by atoms with Gasteiger partial charge in [-0.25, -0.2) is 0 Å². The molecule has 17 heavy (non-hydrogen) atoms. The smallest absolute Gasteiger partial charge is 0.231 e. The molecule has 0 spiro atoms. The molecule has 4 heteroatoms. The molecule has 1 aliphatic heterocycles. The van der Waals surface area contributed by atoms with Crippen LogP contribution in [0.1, 0.15) is 5.56 Å². The van der Waals surface area contributed by atoms with Crippen molar-refractivity contribution in [1.82, 2.24) is 0 Å². The Morgan fingerprint density at radius 1 is 1.12 bits per heavy atom. The number of rotatable bonds is 2. The Morgan fingerprint density at radius 2 is 1.82 bits per heavy atom. The van der Waals surface area contributed by atoms with Crippen molar-refractivity contribution in [3.63, 3.8) is 0 Å². The van der Waals surface area contributed by atoms with Gasteiger partial charge in [-0.2, -0.15) is 0 Å². The van der Waals surface area contributed by atoms with E-state index in [0.29, 0.717) is 0 Å². The molecule has 0 unspecified atom stereocenters. The van der Waals surface area contributed by atoms with Crippen LogP contribution in [-0.4, -0.2) is 12.7 Å². The third-order valence-corrected chi connectivity index (χ3v) is 2.77. The van der Waals surface area contributed by atoms with Crippen molar-refractivity contribution in [2.45, 2.75) is 6.42 Å². The highest BCUT2D eigenvalue weighted by molar-refractivity contribution is 5.88. The minimum absolute atomic E-state index is 0.254. The number of hydrogen-bond acceptors (Lipinski definition) is 3. The molecular formula is C13H11NO3. The van der Waals surface area contributed by atoms with Crippen LogP contribution in [0.2, 0.25) is 0 Å². The van der Waals surface area contributed by atoms with Crippen LogP contribution in [0.25, 0.3) is 10.8 Å². The molecule has 0 bridgehead atoms. The van der Waals surface area contributed by atoms with Crippen molar-refractivity contribution in [3.8, 4) is 11.5 Å². The van der Waals surface area contributed by atoms with Crippen molar-refractivity contribution in [2.24, 2.45) is 5.73 Å². The molecule has 2 aromatic rings. The maximum atomic E-state index is 10.9. The lowest BCUT2D eigenvalue weighted by Gasteiger charge is -2.03. The minimum atomic E-state index is -0.329. The van der Waals surface area contributed by atoms with E-state index in [1.165, 1.54) is 0 Å². The van der Waals surface area contributed by atoms with Gasteiger partial charge in [0.05, 0.1) is 6.42 Å². The van der Waals surface area contributed by atoms with Gasteiger partial charge in [-0.3, -0.25) is 4.79 Å². The molecule has 0 saturated heterocycles. The molecular weight excluding hydrogens is 218 g/mol. The fourth-order valence-electron chi connectivity index (χ4n) is 2.00. The predicted molar refractivity (Wildman–Crippen MR) is 63.0 cm³/mol. The number of amides is 1. The van der Waals surface area contributed by atoms with E-state index in [-0.39, 0.29) is 19.1 Å². The second-order valence-corrected chi connectivity index (χ2v) is 4.03. The molecule has 2 N–H and O–H groups in total. The Balaban J connectivity index is 2.10. The minimum Gasteiger partial charge on any atom is -0.454 e. The van der Waals surface area contributed by atoms with Crippen LogP contribution >= 0.6 is 0 Å². The Morgan fingerprint density at radius 3 is 2.53 bits per heavy atom. The summed E-state index contributed by atoms with van der Waals surface area (Å²) in [5, 5.41) is 2.08. The number of nitrogens with two attached hydrogens (primary N) is 1. The molecule has 4 nitrogen and oxygen atoms in total. The Hall–Kier alpha value is -2.23. The summed E-state index contributed by atoms with van der Waals surface area (Å²) in [6, 6.07) is 9.65. The van der Waals surface area contributed by atoms with Gasteiger partial charge in [0.1, 0.15) is 0 Å². The number of carbonyl (C=O) groups is 1. The second kappa shape index (κ2) is 3.66. The molecule has 0 saturated carbocycles. The highest BCUT2D eigenvalue weighted by Crippen LogP contribution is 2.36. The maximum absolute atomic E-state index is 10.9. The summed E-state index contributed by atoms with van der Waals surface area (Å²) in [4.78, 5) is 10.9. The van der Waals surface area contributed by atoms with Crippen LogP contribution < -0.4 is 15.2 Å². The van der Waals surface area contributed by atoms with Crippen LogP contribution in [0.15, 0.2) is 30.3 Å². The van der Waals surface area contributed by atoms with Crippen molar-refractivity contribution >= 4 is 16.7 Å². The molecule has 2 aromatic carbocycles. The molecule has 0 aromatic heterocycles. The first-order valence-corrected chi connectivity index (χ1v) is 5.33. The Labute approximate surface area is 97.9 Å². The first-order chi connectivity index (χ1) is 8.22. The monoisotopic (exact) mass is 229 g/mol. The average molecular weight is 229 g/mol. The Kier molecular flexibility index (Phi) is 2.14. The van der Waals surface area contributed by atoms with Crippen molar-refractivity contribution in [2.75, 3.05) is 6.79 Å². The van der Waals surface area contributed by atoms with E-state index in [1.807, 2.05) is 30.3 Å². The van der Waals surface area contributed by atoms with Gasteiger partial charge in [-0.15, -0.1) is 0 Å². The van der Waals surface area contributed by atoms with Crippen molar-refractivity contribution < 1.29 is 14.3 Å². The lowest BCUT2D eigenvalue weighted by atomic mass is 10.0. The maximum Gasteiger partial charge on any atom is 0.231 e. The van der Waals surface area contributed by atoms with E-state index in [2.05, 4.69) is 0 Å². The molecule has 1 aliphatic rings. The second-order valence-electron chi connectivity index (χ2n) is 4.03. The zero-order valence-electron chi connectivity index (χ0n) is 9.10. The van der Waals surface area contributed by atoms with Gasteiger partial charge in [-0.05, 0) is 28.5 Å². The average Bonchev–Trinajstić information content (AvgIpc) is 2.72. The number of primary amides is 1. The summed E-state index contributed by atoms with van der Waals surface area (Å²) < 4.78 is 10.6. The van der Waals surface area contributed by atoms with Crippen molar-refractivity contribution in [3.05, 3.63) is 35.9 Å². The third-order valence-electron chi connectivity index (χ3n) is 2.77. The predicted octanol–water partition coefficient (Wildman–Crippen LogP) is 1.60. The van der Waals surface area contributed by atoms with E-state index in [9.17, 15) is 4.79 Å². The fourth-order valence-corrected chi connectivity index (χ4v) is 2.00. The first kappa shape index (κ1) is 9.96. The van der Waals surface area contributed by atoms with E-state index < -0.39 is 0 Å². The third kappa shape index (κ3) is 1.78. The molecule has 0 atom stereocenters. The summed E-state index contributed by atoms with van der Waals surface area (Å²) in [5.41, 5.74) is 6.08. The molecule has 0 fully saturated rings. The van der Waals surface area contributed by atoms with Crippen molar-refractivity contribution in [1.29, 1.82) is 0 Å². The van der Waals surface area contributed by atoms with Crippen LogP contribution in [0.5, 0.6) is 11.5 Å². The molecule has 3 rings (SSSR count). The molecule has 1 heterocycles. The first-order valence-electron chi connectivity index (χ1n) is 5.33. The number of hydrogen-bond donors (Lipinski definition) is 1. The number of carbonyl (C=O) groups excluding carboxylic acids is 1. The highest BCUT2D eigenvalue weighted by atomic mass is 16.7. The van der Waals surface area contributed by atoms with Crippen LogP contribution in [0.3, 0.4) is 0 Å². The molecule has 1 amide bonds. The summed E-state index contributed by atoms with van der Waals surface area (Å²) in [6.45, 7) is 0.264.